The normalized spacial score (nSPS) is 19.2. The van der Waals surface area contributed by atoms with Gasteiger partial charge in [-0.3, -0.25) is 19.1 Å². The standard InChI is InChI=1S/C22H27N3O4.Na.H/c26-20-21(27)25(19-11-7-6-10-17(19)23-20)18-12-13-24(14-16(18)22(28)29)15-8-4-2-1-3-5-9-15;;/h6-7,10-11,15H,1-5,8-9,12-14H2,(H,23,26)(H,28,29);;/q;+1;-1. The fourth-order valence-electron chi connectivity index (χ4n) is 4.75. The maximum atomic E-state index is 12.7. The number of nitrogens with one attached hydrogen (secondary N) is 1. The number of hydrogen-bond donors (Lipinski definition) is 2. The second-order valence-corrected chi connectivity index (χ2v) is 8.06. The van der Waals surface area contributed by atoms with Crippen LogP contribution in [0.5, 0.6) is 0 Å². The van der Waals surface area contributed by atoms with Gasteiger partial charge in [0, 0.05) is 31.2 Å². The number of hydrogen-bond acceptors (Lipinski definition) is 4. The van der Waals surface area contributed by atoms with Crippen LogP contribution in [0, 0.1) is 0 Å². The molecule has 1 aliphatic carbocycles. The molecular formula is C22H28N3NaO4. The van der Waals surface area contributed by atoms with Gasteiger partial charge in [0.15, 0.2) is 0 Å². The average Bonchev–Trinajstić information content (AvgIpc) is 2.69. The quantitative estimate of drug-likeness (QED) is 0.534. The van der Waals surface area contributed by atoms with Crippen molar-refractivity contribution in [1.29, 1.82) is 0 Å². The van der Waals surface area contributed by atoms with Crippen LogP contribution in [0.1, 0.15) is 52.8 Å². The molecule has 30 heavy (non-hydrogen) atoms. The Hall–Kier alpha value is -1.67. The molecule has 4 rings (SSSR count). The van der Waals surface area contributed by atoms with Gasteiger partial charge in [0.2, 0.25) is 0 Å². The van der Waals surface area contributed by atoms with Crippen molar-refractivity contribution < 1.29 is 40.9 Å². The SMILES string of the molecule is O=C(O)C1=C(n2c(=O)c(=O)[nH]c3ccccc32)CCN(C2CCCCCCC2)C1.[H-].[Na+]. The molecule has 8 heteroatoms. The van der Waals surface area contributed by atoms with E-state index in [1.54, 1.807) is 24.3 Å². The first-order valence-electron chi connectivity index (χ1n) is 10.5. The molecule has 0 amide bonds. The van der Waals surface area contributed by atoms with Crippen LogP contribution in [0.4, 0.5) is 0 Å². The topological polar surface area (TPSA) is 95.4 Å². The first kappa shape index (κ1) is 23.0. The monoisotopic (exact) mass is 421 g/mol. The summed E-state index contributed by atoms with van der Waals surface area (Å²) >= 11 is 0. The number of benzene rings is 1. The number of aromatic amines is 1. The van der Waals surface area contributed by atoms with Gasteiger partial charge in [-0.2, -0.15) is 0 Å². The zero-order valence-corrected chi connectivity index (χ0v) is 19.5. The molecule has 1 saturated carbocycles. The number of nitrogens with zero attached hydrogens (tertiary/aromatic N) is 2. The van der Waals surface area contributed by atoms with Gasteiger partial charge < -0.3 is 11.5 Å². The van der Waals surface area contributed by atoms with Crippen molar-refractivity contribution in [2.75, 3.05) is 13.1 Å². The zero-order valence-electron chi connectivity index (χ0n) is 18.5. The van der Waals surface area contributed by atoms with E-state index in [4.69, 9.17) is 0 Å². The Morgan fingerprint density at radius 1 is 1.07 bits per heavy atom. The van der Waals surface area contributed by atoms with Crippen LogP contribution in [-0.2, 0) is 4.79 Å². The largest absolute Gasteiger partial charge is 1.00 e. The van der Waals surface area contributed by atoms with E-state index in [-0.39, 0.29) is 36.6 Å². The first-order chi connectivity index (χ1) is 14.1. The summed E-state index contributed by atoms with van der Waals surface area (Å²) < 4.78 is 1.31. The molecule has 0 radical (unpaired) electrons. The summed E-state index contributed by atoms with van der Waals surface area (Å²) in [6, 6.07) is 7.40. The van der Waals surface area contributed by atoms with Gasteiger partial charge in [0.25, 0.3) is 0 Å². The third-order valence-corrected chi connectivity index (χ3v) is 6.26. The fourth-order valence-corrected chi connectivity index (χ4v) is 4.75. The first-order valence-corrected chi connectivity index (χ1v) is 10.5. The number of carboxylic acid groups (broad SMARTS) is 1. The van der Waals surface area contributed by atoms with Crippen LogP contribution in [0.2, 0.25) is 0 Å². The van der Waals surface area contributed by atoms with Gasteiger partial charge in [0.05, 0.1) is 16.6 Å². The van der Waals surface area contributed by atoms with E-state index < -0.39 is 17.1 Å². The van der Waals surface area contributed by atoms with Gasteiger partial charge in [0.1, 0.15) is 0 Å². The molecule has 2 heterocycles. The summed E-state index contributed by atoms with van der Waals surface area (Å²) in [6.07, 6.45) is 8.75. The Bertz CT molecular complexity index is 1070. The molecule has 2 aromatic rings. The van der Waals surface area contributed by atoms with Crippen LogP contribution in [-0.4, -0.2) is 44.7 Å². The van der Waals surface area contributed by atoms with Crippen molar-refractivity contribution in [2.45, 2.75) is 57.4 Å². The number of H-pyrrole nitrogens is 1. The minimum absolute atomic E-state index is 0. The van der Waals surface area contributed by atoms with E-state index in [9.17, 15) is 19.5 Å². The van der Waals surface area contributed by atoms with Crippen LogP contribution in [0.3, 0.4) is 0 Å². The number of aliphatic carboxylic acids is 1. The molecule has 2 N–H and O–H groups in total. The van der Waals surface area contributed by atoms with Crippen LogP contribution in [0.15, 0.2) is 39.4 Å². The van der Waals surface area contributed by atoms with Crippen molar-refractivity contribution in [1.82, 2.24) is 14.5 Å². The molecule has 1 aromatic heterocycles. The molecule has 0 bridgehead atoms. The zero-order chi connectivity index (χ0) is 20.4. The number of para-hydroxylation sites is 2. The summed E-state index contributed by atoms with van der Waals surface area (Å²) in [6.45, 7) is 1.01. The Kier molecular flexibility index (Phi) is 7.74. The van der Waals surface area contributed by atoms with E-state index in [2.05, 4.69) is 9.88 Å². The maximum absolute atomic E-state index is 12.7. The smallest absolute Gasteiger partial charge is 1.00 e. The van der Waals surface area contributed by atoms with Crippen molar-refractivity contribution in [3.63, 3.8) is 0 Å². The number of rotatable bonds is 3. The van der Waals surface area contributed by atoms with E-state index >= 15 is 0 Å². The number of aromatic nitrogens is 2. The van der Waals surface area contributed by atoms with Crippen LogP contribution >= 0.6 is 0 Å². The Morgan fingerprint density at radius 2 is 1.73 bits per heavy atom. The van der Waals surface area contributed by atoms with E-state index in [0.29, 0.717) is 42.3 Å². The van der Waals surface area contributed by atoms with Crippen molar-refractivity contribution in [3.8, 4) is 0 Å². The third-order valence-electron chi connectivity index (χ3n) is 6.26. The van der Waals surface area contributed by atoms with Gasteiger partial charge >= 0.3 is 46.6 Å². The summed E-state index contributed by atoms with van der Waals surface area (Å²) in [5.74, 6) is -1.02. The van der Waals surface area contributed by atoms with Gasteiger partial charge in [-0.25, -0.2) is 4.79 Å². The van der Waals surface area contributed by atoms with Gasteiger partial charge in [-0.05, 0) is 25.0 Å². The molecule has 1 aromatic carbocycles. The molecule has 156 valence electrons. The predicted molar refractivity (Wildman–Crippen MR) is 113 cm³/mol. The number of fused-ring (bicyclic) bond motifs is 1. The molecule has 2 aliphatic rings. The average molecular weight is 421 g/mol. The minimum Gasteiger partial charge on any atom is -1.00 e. The fraction of sp³-hybridized carbons (Fsp3) is 0.500. The van der Waals surface area contributed by atoms with E-state index in [1.165, 1.54) is 36.7 Å². The second kappa shape index (κ2) is 10.1. The summed E-state index contributed by atoms with van der Waals surface area (Å²) in [4.78, 5) is 41.9. The van der Waals surface area contributed by atoms with E-state index in [1.807, 2.05) is 0 Å². The molecular weight excluding hydrogens is 393 g/mol. The third kappa shape index (κ3) is 4.64. The molecule has 1 fully saturated rings. The minimum atomic E-state index is -1.02. The number of carboxylic acids is 1. The molecule has 0 spiro atoms. The van der Waals surface area contributed by atoms with Gasteiger partial charge in [-0.1, -0.05) is 44.2 Å². The van der Waals surface area contributed by atoms with Gasteiger partial charge in [-0.15, -0.1) is 0 Å². The summed E-state index contributed by atoms with van der Waals surface area (Å²) in [7, 11) is 0. The summed E-state index contributed by atoms with van der Waals surface area (Å²) in [5.41, 5.74) is 0.255. The van der Waals surface area contributed by atoms with Crippen LogP contribution in [0.25, 0.3) is 16.7 Å². The Balaban J connectivity index is 0.00000171. The van der Waals surface area contributed by atoms with Crippen molar-refractivity contribution >= 4 is 22.7 Å². The number of carbonyl (C=O) groups is 1. The van der Waals surface area contributed by atoms with Crippen molar-refractivity contribution in [3.05, 3.63) is 50.5 Å². The maximum Gasteiger partial charge on any atom is 1.00 e. The Morgan fingerprint density at radius 3 is 2.43 bits per heavy atom. The summed E-state index contributed by atoms with van der Waals surface area (Å²) in [5, 5.41) is 9.93. The van der Waals surface area contributed by atoms with Crippen molar-refractivity contribution in [2.24, 2.45) is 0 Å². The second-order valence-electron chi connectivity index (χ2n) is 8.06. The van der Waals surface area contributed by atoms with Crippen LogP contribution < -0.4 is 40.7 Å². The molecule has 0 saturated heterocycles. The molecule has 7 nitrogen and oxygen atoms in total. The Labute approximate surface area is 198 Å². The van der Waals surface area contributed by atoms with E-state index in [0.717, 1.165) is 12.8 Å². The molecule has 1 aliphatic heterocycles. The molecule has 0 atom stereocenters. The molecule has 0 unspecified atom stereocenters. The predicted octanol–water partition coefficient (Wildman–Crippen LogP) is -0.0794.